The number of ether oxygens (including phenoxy) is 1. The van der Waals surface area contributed by atoms with Crippen molar-refractivity contribution in [1.29, 1.82) is 0 Å². The van der Waals surface area contributed by atoms with Crippen LogP contribution in [0.3, 0.4) is 0 Å². The van der Waals surface area contributed by atoms with E-state index in [0.29, 0.717) is 19.4 Å². The molecule has 2 unspecified atom stereocenters. The molecule has 0 fully saturated rings. The van der Waals surface area contributed by atoms with E-state index in [0.717, 1.165) is 51.4 Å². The van der Waals surface area contributed by atoms with Gasteiger partial charge in [-0.15, -0.1) is 0 Å². The Morgan fingerprint density at radius 2 is 0.658 bits per heavy atom. The smallest absolute Gasteiger partial charge is 0.305 e. The van der Waals surface area contributed by atoms with Crippen LogP contribution in [0.15, 0.2) is 48.6 Å². The number of carbonyl (C=O) groups is 2. The van der Waals surface area contributed by atoms with E-state index < -0.39 is 12.1 Å². The molecule has 6 nitrogen and oxygen atoms in total. The highest BCUT2D eigenvalue weighted by Gasteiger charge is 2.18. The van der Waals surface area contributed by atoms with E-state index in [9.17, 15) is 19.8 Å². The molecule has 0 rings (SSSR count). The Morgan fingerprint density at radius 1 is 0.368 bits per heavy atom. The topological polar surface area (TPSA) is 95.9 Å². The largest absolute Gasteiger partial charge is 0.466 e. The van der Waals surface area contributed by atoms with Gasteiger partial charge in [0.05, 0.1) is 25.4 Å². The summed E-state index contributed by atoms with van der Waals surface area (Å²) in [7, 11) is 0. The predicted molar refractivity (Wildman–Crippen MR) is 333 cm³/mol. The van der Waals surface area contributed by atoms with Crippen molar-refractivity contribution in [3.63, 3.8) is 0 Å². The summed E-state index contributed by atoms with van der Waals surface area (Å²) in [5.74, 6) is -0.0616. The number of carbonyl (C=O) groups excluding carboxylic acids is 2. The van der Waals surface area contributed by atoms with Crippen LogP contribution in [-0.4, -0.2) is 47.4 Å². The van der Waals surface area contributed by atoms with Crippen molar-refractivity contribution >= 4 is 11.9 Å². The molecule has 0 heterocycles. The van der Waals surface area contributed by atoms with Crippen molar-refractivity contribution in [3.8, 4) is 0 Å². The summed E-state index contributed by atoms with van der Waals surface area (Å²) in [6, 6.07) is -0.625. The first-order valence-electron chi connectivity index (χ1n) is 33.9. The first-order valence-corrected chi connectivity index (χ1v) is 33.9. The zero-order valence-electron chi connectivity index (χ0n) is 51.0. The van der Waals surface area contributed by atoms with Gasteiger partial charge in [-0.25, -0.2) is 0 Å². The van der Waals surface area contributed by atoms with E-state index in [4.69, 9.17) is 4.74 Å². The Balaban J connectivity index is 3.36. The number of rotatable bonds is 63. The lowest BCUT2D eigenvalue weighted by molar-refractivity contribution is -0.143. The molecule has 446 valence electrons. The summed E-state index contributed by atoms with van der Waals surface area (Å²) in [6.45, 7) is 4.88. The minimum atomic E-state index is -0.842. The molecule has 0 bridgehead atoms. The van der Waals surface area contributed by atoms with Crippen molar-refractivity contribution in [3.05, 3.63) is 48.6 Å². The number of hydrogen-bond acceptors (Lipinski definition) is 5. The molecule has 0 saturated heterocycles. The van der Waals surface area contributed by atoms with Gasteiger partial charge in [0.1, 0.15) is 0 Å². The highest BCUT2D eigenvalue weighted by atomic mass is 16.5. The molecule has 2 atom stereocenters. The molecule has 76 heavy (non-hydrogen) atoms. The molecule has 0 spiro atoms. The molecule has 1 amide bonds. The van der Waals surface area contributed by atoms with Crippen LogP contribution in [0.2, 0.25) is 0 Å². The summed E-state index contributed by atoms with van der Waals surface area (Å²) in [5.41, 5.74) is 0. The Hall–Kier alpha value is -2.18. The third kappa shape index (κ3) is 61.0. The van der Waals surface area contributed by atoms with E-state index in [1.165, 1.54) is 283 Å². The van der Waals surface area contributed by atoms with Gasteiger partial charge in [-0.3, -0.25) is 9.59 Å². The zero-order valence-corrected chi connectivity index (χ0v) is 51.0. The Morgan fingerprint density at radius 3 is 1.04 bits per heavy atom. The predicted octanol–water partition coefficient (Wildman–Crippen LogP) is 21.7. The number of nitrogens with one attached hydrogen (secondary N) is 1. The normalized spacial score (nSPS) is 12.8. The third-order valence-electron chi connectivity index (χ3n) is 15.6. The first kappa shape index (κ1) is 73.8. The Labute approximate surface area is 474 Å². The average Bonchev–Trinajstić information content (AvgIpc) is 3.42. The van der Waals surface area contributed by atoms with E-state index in [1.807, 2.05) is 6.08 Å². The van der Waals surface area contributed by atoms with Crippen LogP contribution in [0.5, 0.6) is 0 Å². The number of hydrogen-bond donors (Lipinski definition) is 3. The highest BCUT2D eigenvalue weighted by Crippen LogP contribution is 2.18. The quantitative estimate of drug-likeness (QED) is 0.0320. The molecule has 0 radical (unpaired) electrons. The maximum atomic E-state index is 12.4. The van der Waals surface area contributed by atoms with Gasteiger partial charge < -0.3 is 20.3 Å². The van der Waals surface area contributed by atoms with Gasteiger partial charge in [-0.05, 0) is 89.9 Å². The molecule has 0 aliphatic carbocycles. The van der Waals surface area contributed by atoms with Crippen LogP contribution in [0.4, 0.5) is 0 Å². The minimum Gasteiger partial charge on any atom is -0.466 e. The van der Waals surface area contributed by atoms with Gasteiger partial charge in [0.2, 0.25) is 5.91 Å². The van der Waals surface area contributed by atoms with Crippen LogP contribution >= 0.6 is 0 Å². The molecule has 0 saturated carbocycles. The lowest BCUT2D eigenvalue weighted by Crippen LogP contribution is -2.45. The van der Waals surface area contributed by atoms with Gasteiger partial charge in [0.25, 0.3) is 0 Å². The molecule has 0 aliphatic heterocycles. The molecule has 0 aromatic heterocycles. The summed E-state index contributed by atoms with van der Waals surface area (Å²) in [4.78, 5) is 24.5. The van der Waals surface area contributed by atoms with Gasteiger partial charge in [-0.1, -0.05) is 306 Å². The second-order valence-electron chi connectivity index (χ2n) is 23.1. The van der Waals surface area contributed by atoms with Crippen molar-refractivity contribution in [1.82, 2.24) is 5.32 Å². The fourth-order valence-corrected chi connectivity index (χ4v) is 10.4. The van der Waals surface area contributed by atoms with Crippen LogP contribution < -0.4 is 5.32 Å². The van der Waals surface area contributed by atoms with Crippen LogP contribution in [0.1, 0.15) is 361 Å². The number of aliphatic hydroxyl groups is 2. The van der Waals surface area contributed by atoms with Gasteiger partial charge >= 0.3 is 5.97 Å². The van der Waals surface area contributed by atoms with Crippen molar-refractivity contribution in [2.45, 2.75) is 373 Å². The van der Waals surface area contributed by atoms with Gasteiger partial charge in [0.15, 0.2) is 0 Å². The van der Waals surface area contributed by atoms with Crippen molar-refractivity contribution in [2.75, 3.05) is 13.2 Å². The first-order chi connectivity index (χ1) is 37.5. The van der Waals surface area contributed by atoms with Gasteiger partial charge in [-0.2, -0.15) is 0 Å². The monoisotopic (exact) mass is 1070 g/mol. The molecule has 6 heteroatoms. The molecule has 0 aliphatic rings. The zero-order chi connectivity index (χ0) is 55.0. The number of unbranched alkanes of at least 4 members (excludes halogenated alkanes) is 46. The maximum Gasteiger partial charge on any atom is 0.305 e. The number of amides is 1. The summed E-state index contributed by atoms with van der Waals surface area (Å²) in [5, 5.41) is 23.1. The van der Waals surface area contributed by atoms with Gasteiger partial charge in [0, 0.05) is 12.8 Å². The maximum absolute atomic E-state index is 12.4. The number of aliphatic hydroxyl groups excluding tert-OH is 2. The minimum absolute atomic E-state index is 0.00373. The SMILES string of the molecule is CCCCC/C=C\C/C=C\CCCCCCCC(=O)OCCCCCCCCCCCCCC/C=C\CCCCCCCCCCCCCCCCCCC(=O)NC(CO)C(O)/C=C/CCCCCCCCCCCC. The van der Waals surface area contributed by atoms with Crippen LogP contribution in [0, 0.1) is 0 Å². The molecule has 0 aromatic carbocycles. The third-order valence-corrected chi connectivity index (χ3v) is 15.6. The van der Waals surface area contributed by atoms with Crippen molar-refractivity contribution in [2.24, 2.45) is 0 Å². The molecule has 3 N–H and O–H groups in total. The fraction of sp³-hybridized carbons (Fsp3) is 0.857. The standard InChI is InChI=1S/C70H131NO5/c1-3-5-7-9-11-13-15-17-36-40-44-48-52-56-60-64-70(75)76-65-61-57-53-49-45-41-38-35-33-31-29-27-25-23-21-19-18-20-22-24-26-28-30-32-34-37-39-43-47-51-55-59-63-69(74)71-67(66-72)68(73)62-58-54-50-46-42-16-14-12-10-8-6-4-2/h11,13,17,21,23,36,58,62,67-68,72-73H,3-10,12,14-16,18-20,22,24-35,37-57,59-61,63-66H2,1-2H3,(H,71,74)/b13-11-,23-21-,36-17-,62-58+. The second-order valence-corrected chi connectivity index (χ2v) is 23.1. The highest BCUT2D eigenvalue weighted by molar-refractivity contribution is 5.76. The number of allylic oxidation sites excluding steroid dienone is 7. The lowest BCUT2D eigenvalue weighted by atomic mass is 10.0. The van der Waals surface area contributed by atoms with E-state index in [-0.39, 0.29) is 18.5 Å². The Bertz CT molecular complexity index is 1270. The molecular weight excluding hydrogens is 935 g/mol. The summed E-state index contributed by atoms with van der Waals surface area (Å²) in [6.07, 6.45) is 84.7. The molecule has 0 aromatic rings. The number of esters is 1. The van der Waals surface area contributed by atoms with Crippen LogP contribution in [-0.2, 0) is 14.3 Å². The average molecular weight is 1070 g/mol. The Kier molecular flexibility index (Phi) is 63.5. The van der Waals surface area contributed by atoms with E-state index in [2.05, 4.69) is 55.6 Å². The van der Waals surface area contributed by atoms with Crippen molar-refractivity contribution < 1.29 is 24.5 Å². The summed E-state index contributed by atoms with van der Waals surface area (Å²) >= 11 is 0. The summed E-state index contributed by atoms with van der Waals surface area (Å²) < 4.78 is 5.48. The fourth-order valence-electron chi connectivity index (χ4n) is 10.4. The lowest BCUT2D eigenvalue weighted by Gasteiger charge is -2.20. The van der Waals surface area contributed by atoms with Crippen LogP contribution in [0.25, 0.3) is 0 Å². The van der Waals surface area contributed by atoms with E-state index in [1.54, 1.807) is 6.08 Å². The van der Waals surface area contributed by atoms with E-state index >= 15 is 0 Å². The second kappa shape index (κ2) is 65.3. The molecular formula is C70H131NO5.